The number of para-hydroxylation sites is 2. The Morgan fingerprint density at radius 2 is 1.74 bits per heavy atom. The van der Waals surface area contributed by atoms with Gasteiger partial charge in [0.15, 0.2) is 0 Å². The van der Waals surface area contributed by atoms with Crippen molar-refractivity contribution in [2.75, 3.05) is 26.2 Å². The van der Waals surface area contributed by atoms with E-state index in [1.54, 1.807) is 60.3 Å². The lowest BCUT2D eigenvalue weighted by molar-refractivity contribution is -0.142. The Hall–Kier alpha value is -3.26. The van der Waals surface area contributed by atoms with Crippen molar-refractivity contribution in [3.05, 3.63) is 70.6 Å². The zero-order valence-corrected chi connectivity index (χ0v) is 18.4. The molecule has 0 unspecified atom stereocenters. The van der Waals surface area contributed by atoms with Gasteiger partial charge >= 0.3 is 5.97 Å². The Balaban J connectivity index is 2.13. The summed E-state index contributed by atoms with van der Waals surface area (Å²) >= 11 is 1.57. The van der Waals surface area contributed by atoms with E-state index >= 15 is 0 Å². The zero-order valence-electron chi connectivity index (χ0n) is 17.6. The van der Waals surface area contributed by atoms with Crippen LogP contribution in [0.4, 0.5) is 0 Å². The van der Waals surface area contributed by atoms with Crippen molar-refractivity contribution in [1.82, 2.24) is 9.88 Å². The van der Waals surface area contributed by atoms with E-state index in [-0.39, 0.29) is 11.1 Å². The summed E-state index contributed by atoms with van der Waals surface area (Å²) in [6.07, 6.45) is 3.84. The molecule has 1 amide bonds. The second-order valence-corrected chi connectivity index (χ2v) is 7.75. The molecule has 0 aliphatic rings. The molecular formula is C23H24N2O5S. The highest BCUT2D eigenvalue weighted by molar-refractivity contribution is 7.98. The Bertz CT molecular complexity index is 1160. The number of rotatable bonds is 8. The maximum absolute atomic E-state index is 13.2. The van der Waals surface area contributed by atoms with Gasteiger partial charge in [-0.2, -0.15) is 11.8 Å². The van der Waals surface area contributed by atoms with Crippen LogP contribution in [0.1, 0.15) is 16.8 Å². The van der Waals surface area contributed by atoms with Gasteiger partial charge < -0.3 is 14.8 Å². The number of carbonyl (C=O) groups is 2. The number of fused-ring (bicyclic) bond motifs is 1. The van der Waals surface area contributed by atoms with Crippen molar-refractivity contribution in [2.24, 2.45) is 0 Å². The number of thioether (sulfide) groups is 1. The van der Waals surface area contributed by atoms with Gasteiger partial charge in [-0.25, -0.2) is 4.79 Å². The topological polar surface area (TPSA) is 86.6 Å². The predicted octanol–water partition coefficient (Wildman–Crippen LogP) is 3.02. The number of methoxy groups -OCH3 is 2. The first kappa shape index (κ1) is 22.4. The number of nitrogens with zero attached hydrogens (tertiary/aromatic N) is 1. The fourth-order valence-corrected chi connectivity index (χ4v) is 3.81. The molecule has 1 aromatic heterocycles. The number of amides is 1. The maximum atomic E-state index is 13.2. The highest BCUT2D eigenvalue weighted by Gasteiger charge is 2.24. The van der Waals surface area contributed by atoms with E-state index in [4.69, 9.17) is 9.47 Å². The van der Waals surface area contributed by atoms with E-state index in [2.05, 4.69) is 5.32 Å². The average molecular weight is 441 g/mol. The smallest absolute Gasteiger partial charge is 0.328 e. The molecule has 0 saturated heterocycles. The summed E-state index contributed by atoms with van der Waals surface area (Å²) in [4.78, 5) is 38.6. The molecule has 1 N–H and O–H groups in total. The van der Waals surface area contributed by atoms with Crippen LogP contribution in [0.15, 0.2) is 59.5 Å². The molecule has 31 heavy (non-hydrogen) atoms. The minimum absolute atomic E-state index is 0.274. The van der Waals surface area contributed by atoms with Gasteiger partial charge in [0.1, 0.15) is 11.8 Å². The Morgan fingerprint density at radius 1 is 1.06 bits per heavy atom. The van der Waals surface area contributed by atoms with Gasteiger partial charge in [0.2, 0.25) is 0 Å². The first-order valence-corrected chi connectivity index (χ1v) is 11.1. The lowest BCUT2D eigenvalue weighted by Crippen LogP contribution is -2.42. The summed E-state index contributed by atoms with van der Waals surface area (Å²) in [6.45, 7) is 0. The minimum Gasteiger partial charge on any atom is -0.495 e. The van der Waals surface area contributed by atoms with Gasteiger partial charge in [-0.05, 0) is 36.6 Å². The highest BCUT2D eigenvalue weighted by Crippen LogP contribution is 2.24. The molecule has 162 valence electrons. The maximum Gasteiger partial charge on any atom is 0.328 e. The third kappa shape index (κ3) is 4.74. The molecule has 0 aliphatic carbocycles. The molecule has 0 bridgehead atoms. The molecule has 0 fully saturated rings. The van der Waals surface area contributed by atoms with E-state index in [1.807, 2.05) is 6.26 Å². The number of benzene rings is 2. The summed E-state index contributed by atoms with van der Waals surface area (Å²) < 4.78 is 11.6. The van der Waals surface area contributed by atoms with Crippen molar-refractivity contribution in [3.8, 4) is 11.4 Å². The van der Waals surface area contributed by atoms with Crippen molar-refractivity contribution in [1.29, 1.82) is 0 Å². The van der Waals surface area contributed by atoms with Crippen LogP contribution in [-0.2, 0) is 9.53 Å². The van der Waals surface area contributed by atoms with E-state index in [0.717, 1.165) is 0 Å². The number of pyridine rings is 1. The van der Waals surface area contributed by atoms with Gasteiger partial charge in [-0.15, -0.1) is 0 Å². The van der Waals surface area contributed by atoms with Crippen LogP contribution in [0.5, 0.6) is 5.75 Å². The second kappa shape index (κ2) is 10.2. The number of ether oxygens (including phenoxy) is 2. The van der Waals surface area contributed by atoms with Crippen LogP contribution < -0.4 is 15.6 Å². The monoisotopic (exact) mass is 440 g/mol. The number of aromatic nitrogens is 1. The Labute approximate surface area is 184 Å². The molecule has 0 radical (unpaired) electrons. The zero-order chi connectivity index (χ0) is 22.4. The Kier molecular flexibility index (Phi) is 7.36. The first-order chi connectivity index (χ1) is 15.0. The molecule has 1 atom stereocenters. The van der Waals surface area contributed by atoms with Gasteiger partial charge in [0, 0.05) is 17.0 Å². The Morgan fingerprint density at radius 3 is 2.42 bits per heavy atom. The van der Waals surface area contributed by atoms with Crippen molar-refractivity contribution in [2.45, 2.75) is 12.5 Å². The second-order valence-electron chi connectivity index (χ2n) is 6.77. The van der Waals surface area contributed by atoms with Crippen LogP contribution in [0.3, 0.4) is 0 Å². The van der Waals surface area contributed by atoms with Gasteiger partial charge in [-0.1, -0.05) is 30.3 Å². The molecule has 3 aromatic rings. The molecular weight excluding hydrogens is 416 g/mol. The number of hydrogen-bond acceptors (Lipinski definition) is 6. The van der Waals surface area contributed by atoms with E-state index in [1.165, 1.54) is 25.0 Å². The molecule has 0 aliphatic heterocycles. The number of esters is 1. The molecule has 0 spiro atoms. The largest absolute Gasteiger partial charge is 0.495 e. The van der Waals surface area contributed by atoms with Crippen LogP contribution in [0.25, 0.3) is 16.5 Å². The fourth-order valence-electron chi connectivity index (χ4n) is 3.34. The van der Waals surface area contributed by atoms with Gasteiger partial charge in [0.25, 0.3) is 11.5 Å². The molecule has 1 heterocycles. The number of carbonyl (C=O) groups excluding carboxylic acids is 2. The SMILES string of the molecule is COC(=O)[C@H](CCSC)NC(=O)c1cn(-c2ccccc2OC)c(=O)c2ccccc12. The molecule has 3 rings (SSSR count). The van der Waals surface area contributed by atoms with E-state index in [9.17, 15) is 14.4 Å². The number of nitrogens with one attached hydrogen (secondary N) is 1. The fraction of sp³-hybridized carbons (Fsp3) is 0.261. The summed E-state index contributed by atoms with van der Waals surface area (Å²) in [5.74, 6) is 0.210. The highest BCUT2D eigenvalue weighted by atomic mass is 32.2. The van der Waals surface area contributed by atoms with Gasteiger partial charge in [-0.3, -0.25) is 14.2 Å². The minimum atomic E-state index is -0.782. The molecule has 7 nitrogen and oxygen atoms in total. The predicted molar refractivity (Wildman–Crippen MR) is 122 cm³/mol. The van der Waals surface area contributed by atoms with Crippen LogP contribution in [-0.4, -0.2) is 48.7 Å². The quantitative estimate of drug-likeness (QED) is 0.542. The standard InChI is InChI=1S/C23H24N2O5S/c1-29-20-11-7-6-10-19(20)25-14-17(15-8-4-5-9-16(15)22(25)27)21(26)24-18(12-13-31-3)23(28)30-2/h4-11,14,18H,12-13H2,1-3H3,(H,24,26)/t18-/m0/s1. The number of hydrogen-bond donors (Lipinski definition) is 1. The summed E-state index contributed by atoms with van der Waals surface area (Å²) in [5.41, 5.74) is 0.518. The molecule has 2 aromatic carbocycles. The lowest BCUT2D eigenvalue weighted by Gasteiger charge is -2.18. The van der Waals surface area contributed by atoms with Crippen LogP contribution >= 0.6 is 11.8 Å². The lowest BCUT2D eigenvalue weighted by atomic mass is 10.1. The van der Waals surface area contributed by atoms with E-state index in [0.29, 0.717) is 34.4 Å². The normalized spacial score (nSPS) is 11.7. The van der Waals surface area contributed by atoms with Crippen molar-refractivity contribution in [3.63, 3.8) is 0 Å². The first-order valence-electron chi connectivity index (χ1n) is 9.67. The van der Waals surface area contributed by atoms with Crippen molar-refractivity contribution < 1.29 is 19.1 Å². The summed E-state index contributed by atoms with van der Waals surface area (Å²) in [5, 5.41) is 3.66. The van der Waals surface area contributed by atoms with Gasteiger partial charge in [0.05, 0.1) is 25.5 Å². The van der Waals surface area contributed by atoms with Crippen molar-refractivity contribution >= 4 is 34.4 Å². The third-order valence-corrected chi connectivity index (χ3v) is 5.56. The average Bonchev–Trinajstić information content (AvgIpc) is 2.81. The molecule has 0 saturated carbocycles. The summed E-state index contributed by atoms with van der Waals surface area (Å²) in [7, 11) is 2.81. The van der Waals surface area contributed by atoms with Crippen LogP contribution in [0.2, 0.25) is 0 Å². The third-order valence-electron chi connectivity index (χ3n) is 4.92. The van der Waals surface area contributed by atoms with Crippen LogP contribution in [0, 0.1) is 0 Å². The van der Waals surface area contributed by atoms with E-state index < -0.39 is 17.9 Å². The molecule has 8 heteroatoms. The summed E-state index contributed by atoms with van der Waals surface area (Å²) in [6, 6.07) is 13.2.